The topological polar surface area (TPSA) is 43.4 Å². The summed E-state index contributed by atoms with van der Waals surface area (Å²) in [6, 6.07) is 0. The number of unbranched alkanes of at least 4 members (excludes halogenated alkanes) is 1. The fraction of sp³-hybridized carbons (Fsp3) is 0.667. The van der Waals surface area contributed by atoms with Gasteiger partial charge in [0.05, 0.1) is 0 Å². The summed E-state index contributed by atoms with van der Waals surface area (Å²) in [4.78, 5) is 23.4. The average Bonchev–Trinajstić information content (AvgIpc) is 2.40. The standard InChI is InChI=1S/C18H28O3/c1-6-7-8-17(20)21-13(2)9-10-15-14(3)16(19)11-12-18(15,4)5/h9-10,13H,6-8,11-12H2,1-5H3. The van der Waals surface area contributed by atoms with Crippen LogP contribution in [0.5, 0.6) is 0 Å². The van der Waals surface area contributed by atoms with Crippen LogP contribution in [0.15, 0.2) is 23.3 Å². The van der Waals surface area contributed by atoms with Gasteiger partial charge in [-0.3, -0.25) is 9.59 Å². The molecule has 1 atom stereocenters. The highest BCUT2D eigenvalue weighted by Crippen LogP contribution is 2.39. The summed E-state index contributed by atoms with van der Waals surface area (Å²) in [5, 5.41) is 0. The molecule has 0 heterocycles. The van der Waals surface area contributed by atoms with Crippen LogP contribution in [0.2, 0.25) is 0 Å². The molecule has 0 amide bonds. The number of Topliss-reactive ketones (excluding diaryl/α,β-unsaturated/α-hetero) is 1. The van der Waals surface area contributed by atoms with Crippen molar-refractivity contribution in [3.63, 3.8) is 0 Å². The lowest BCUT2D eigenvalue weighted by molar-refractivity contribution is -0.146. The van der Waals surface area contributed by atoms with Crippen molar-refractivity contribution < 1.29 is 14.3 Å². The summed E-state index contributed by atoms with van der Waals surface area (Å²) >= 11 is 0. The highest BCUT2D eigenvalue weighted by molar-refractivity contribution is 5.97. The van der Waals surface area contributed by atoms with E-state index in [0.29, 0.717) is 12.8 Å². The minimum absolute atomic E-state index is 0.000429. The molecule has 0 aliphatic heterocycles. The van der Waals surface area contributed by atoms with Crippen LogP contribution >= 0.6 is 0 Å². The van der Waals surface area contributed by atoms with Gasteiger partial charge >= 0.3 is 5.97 Å². The molecule has 0 radical (unpaired) electrons. The Morgan fingerprint density at radius 1 is 1.43 bits per heavy atom. The van der Waals surface area contributed by atoms with E-state index in [1.54, 1.807) is 0 Å². The van der Waals surface area contributed by atoms with E-state index in [0.717, 1.165) is 30.4 Å². The predicted octanol–water partition coefficient (Wildman–Crippen LogP) is 4.37. The minimum Gasteiger partial charge on any atom is -0.458 e. The van der Waals surface area contributed by atoms with E-state index < -0.39 is 0 Å². The molecule has 118 valence electrons. The molecule has 1 aliphatic rings. The third-order valence-corrected chi connectivity index (χ3v) is 4.11. The van der Waals surface area contributed by atoms with Crippen molar-refractivity contribution in [2.24, 2.45) is 5.41 Å². The van der Waals surface area contributed by atoms with Gasteiger partial charge in [-0.25, -0.2) is 0 Å². The normalized spacial score (nSPS) is 20.0. The maximum Gasteiger partial charge on any atom is 0.306 e. The molecule has 1 aliphatic carbocycles. The summed E-state index contributed by atoms with van der Waals surface area (Å²) in [7, 11) is 0. The van der Waals surface area contributed by atoms with Crippen molar-refractivity contribution in [2.45, 2.75) is 72.8 Å². The van der Waals surface area contributed by atoms with Crippen LogP contribution in [0.4, 0.5) is 0 Å². The Morgan fingerprint density at radius 3 is 2.71 bits per heavy atom. The second-order valence-electron chi connectivity index (χ2n) is 6.50. The van der Waals surface area contributed by atoms with Gasteiger partial charge in [0.2, 0.25) is 0 Å². The van der Waals surface area contributed by atoms with Crippen LogP contribution < -0.4 is 0 Å². The number of rotatable bonds is 6. The van der Waals surface area contributed by atoms with E-state index in [2.05, 4.69) is 13.8 Å². The summed E-state index contributed by atoms with van der Waals surface area (Å²) in [5.74, 6) is 0.0697. The molecule has 0 aromatic heterocycles. The van der Waals surface area contributed by atoms with E-state index in [1.165, 1.54) is 0 Å². The molecule has 1 unspecified atom stereocenters. The van der Waals surface area contributed by atoms with E-state index in [-0.39, 0.29) is 23.3 Å². The lowest BCUT2D eigenvalue weighted by Crippen LogP contribution is -2.24. The van der Waals surface area contributed by atoms with Gasteiger partial charge in [0.1, 0.15) is 6.10 Å². The number of carbonyl (C=O) groups is 2. The first-order chi connectivity index (χ1) is 9.77. The molecule has 0 N–H and O–H groups in total. The molecule has 1 rings (SSSR count). The molecule has 0 aromatic carbocycles. The second-order valence-corrected chi connectivity index (χ2v) is 6.50. The molecule has 3 heteroatoms. The van der Waals surface area contributed by atoms with Crippen molar-refractivity contribution in [2.75, 3.05) is 0 Å². The summed E-state index contributed by atoms with van der Waals surface area (Å²) < 4.78 is 5.34. The molecular formula is C18H28O3. The lowest BCUT2D eigenvalue weighted by atomic mass is 9.72. The Morgan fingerprint density at radius 2 is 2.10 bits per heavy atom. The lowest BCUT2D eigenvalue weighted by Gasteiger charge is -2.32. The Hall–Kier alpha value is -1.38. The van der Waals surface area contributed by atoms with E-state index in [1.807, 2.05) is 32.9 Å². The van der Waals surface area contributed by atoms with Gasteiger partial charge in [0, 0.05) is 12.8 Å². The molecule has 0 bridgehead atoms. The fourth-order valence-corrected chi connectivity index (χ4v) is 2.61. The third-order valence-electron chi connectivity index (χ3n) is 4.11. The molecular weight excluding hydrogens is 264 g/mol. The second kappa shape index (κ2) is 7.58. The van der Waals surface area contributed by atoms with Crippen LogP contribution in [0.25, 0.3) is 0 Å². The molecule has 3 nitrogen and oxygen atoms in total. The SMILES string of the molecule is CCCCC(=O)OC(C)C=CC1=C(C)C(=O)CCC1(C)C. The first-order valence-corrected chi connectivity index (χ1v) is 7.90. The van der Waals surface area contributed by atoms with Gasteiger partial charge in [0.15, 0.2) is 5.78 Å². The van der Waals surface area contributed by atoms with Crippen molar-refractivity contribution in [1.29, 1.82) is 0 Å². The first kappa shape index (κ1) is 17.7. The number of esters is 1. The van der Waals surface area contributed by atoms with E-state index in [9.17, 15) is 9.59 Å². The fourth-order valence-electron chi connectivity index (χ4n) is 2.61. The highest BCUT2D eigenvalue weighted by Gasteiger charge is 2.30. The number of hydrogen-bond acceptors (Lipinski definition) is 3. The maximum atomic E-state index is 11.9. The molecule has 0 aromatic rings. The molecule has 0 fully saturated rings. The molecule has 21 heavy (non-hydrogen) atoms. The molecule has 0 saturated carbocycles. The summed E-state index contributed by atoms with van der Waals surface area (Å²) in [6.07, 6.45) is 7.39. The van der Waals surface area contributed by atoms with Crippen LogP contribution in [0, 0.1) is 5.41 Å². The van der Waals surface area contributed by atoms with E-state index in [4.69, 9.17) is 4.74 Å². The first-order valence-electron chi connectivity index (χ1n) is 7.90. The number of ketones is 1. The summed E-state index contributed by atoms with van der Waals surface area (Å²) in [5.41, 5.74) is 1.91. The average molecular weight is 292 g/mol. The number of ether oxygens (including phenoxy) is 1. The monoisotopic (exact) mass is 292 g/mol. The van der Waals surface area contributed by atoms with Gasteiger partial charge in [-0.1, -0.05) is 33.3 Å². The number of carbonyl (C=O) groups excluding carboxylic acids is 2. The zero-order valence-corrected chi connectivity index (χ0v) is 14.0. The van der Waals surface area contributed by atoms with Crippen molar-refractivity contribution in [1.82, 2.24) is 0 Å². The number of hydrogen-bond donors (Lipinski definition) is 0. The Bertz CT molecular complexity index is 455. The van der Waals surface area contributed by atoms with Gasteiger partial charge < -0.3 is 4.74 Å². The van der Waals surface area contributed by atoms with Crippen molar-refractivity contribution in [3.8, 4) is 0 Å². The quantitative estimate of drug-likeness (QED) is 0.683. The van der Waals surface area contributed by atoms with Crippen LogP contribution in [-0.2, 0) is 14.3 Å². The minimum atomic E-state index is -0.262. The molecule has 0 saturated heterocycles. The van der Waals surface area contributed by atoms with Crippen molar-refractivity contribution in [3.05, 3.63) is 23.3 Å². The zero-order chi connectivity index (χ0) is 16.0. The maximum absolute atomic E-state index is 11.9. The Labute approximate surface area is 128 Å². The van der Waals surface area contributed by atoms with Crippen LogP contribution in [0.1, 0.15) is 66.7 Å². The van der Waals surface area contributed by atoms with Gasteiger partial charge in [-0.15, -0.1) is 0 Å². The zero-order valence-electron chi connectivity index (χ0n) is 14.0. The molecule has 0 spiro atoms. The largest absolute Gasteiger partial charge is 0.458 e. The van der Waals surface area contributed by atoms with Gasteiger partial charge in [0.25, 0.3) is 0 Å². The Balaban J connectivity index is 2.71. The Kier molecular flexibility index (Phi) is 6.38. The van der Waals surface area contributed by atoms with E-state index >= 15 is 0 Å². The highest BCUT2D eigenvalue weighted by atomic mass is 16.5. The van der Waals surface area contributed by atoms with Crippen LogP contribution in [-0.4, -0.2) is 17.9 Å². The predicted molar refractivity (Wildman–Crippen MR) is 84.9 cm³/mol. The third kappa shape index (κ3) is 5.14. The van der Waals surface area contributed by atoms with Gasteiger partial charge in [-0.05, 0) is 49.3 Å². The smallest absolute Gasteiger partial charge is 0.306 e. The van der Waals surface area contributed by atoms with Gasteiger partial charge in [-0.2, -0.15) is 0 Å². The summed E-state index contributed by atoms with van der Waals surface area (Å²) in [6.45, 7) is 10.1. The number of allylic oxidation sites excluding steroid dienone is 3. The van der Waals surface area contributed by atoms with Crippen molar-refractivity contribution >= 4 is 11.8 Å². The van der Waals surface area contributed by atoms with Crippen LogP contribution in [0.3, 0.4) is 0 Å².